The molecular formula is C24H21N5O3. The summed E-state index contributed by atoms with van der Waals surface area (Å²) in [4.78, 5) is 27.7. The van der Waals surface area contributed by atoms with Crippen molar-refractivity contribution in [1.82, 2.24) is 20.1 Å². The number of aromatic nitrogens is 3. The maximum Gasteiger partial charge on any atom is 0.270 e. The van der Waals surface area contributed by atoms with Crippen molar-refractivity contribution < 1.29 is 9.72 Å². The molecule has 0 radical (unpaired) electrons. The molecule has 0 saturated carbocycles. The van der Waals surface area contributed by atoms with E-state index in [2.05, 4.69) is 15.4 Å². The average molecular weight is 427 g/mol. The monoisotopic (exact) mass is 427 g/mol. The largest absolute Gasteiger partial charge is 0.347 e. The summed E-state index contributed by atoms with van der Waals surface area (Å²) in [5.74, 6) is -0.283. The zero-order valence-electron chi connectivity index (χ0n) is 17.6. The topological polar surface area (TPSA) is 103 Å². The van der Waals surface area contributed by atoms with Gasteiger partial charge in [-0.15, -0.1) is 0 Å². The number of hydrogen-bond donors (Lipinski definition) is 1. The molecule has 32 heavy (non-hydrogen) atoms. The number of amides is 1. The van der Waals surface area contributed by atoms with Gasteiger partial charge in [-0.1, -0.05) is 23.8 Å². The van der Waals surface area contributed by atoms with Gasteiger partial charge in [0.25, 0.3) is 11.6 Å². The lowest BCUT2D eigenvalue weighted by atomic mass is 10.1. The average Bonchev–Trinajstić information content (AvgIpc) is 3.23. The highest BCUT2D eigenvalue weighted by Gasteiger charge is 2.19. The van der Waals surface area contributed by atoms with E-state index >= 15 is 0 Å². The van der Waals surface area contributed by atoms with Gasteiger partial charge in [0, 0.05) is 36.6 Å². The van der Waals surface area contributed by atoms with Crippen LogP contribution in [0.4, 0.5) is 5.69 Å². The molecule has 0 fully saturated rings. The van der Waals surface area contributed by atoms with Gasteiger partial charge in [-0.2, -0.15) is 5.10 Å². The molecule has 0 atom stereocenters. The predicted molar refractivity (Wildman–Crippen MR) is 121 cm³/mol. The normalized spacial score (nSPS) is 10.7. The maximum absolute atomic E-state index is 13.1. The zero-order chi connectivity index (χ0) is 22.7. The first-order valence-electron chi connectivity index (χ1n) is 10.0. The molecule has 0 aliphatic carbocycles. The first-order valence-corrected chi connectivity index (χ1v) is 10.0. The first kappa shape index (κ1) is 20.9. The lowest BCUT2D eigenvalue weighted by Gasteiger charge is -2.11. The van der Waals surface area contributed by atoms with Crippen molar-refractivity contribution in [3.05, 3.63) is 106 Å². The number of aryl methyl sites for hydroxylation is 2. The van der Waals surface area contributed by atoms with Crippen LogP contribution < -0.4 is 5.32 Å². The SMILES string of the molecule is Cc1ccc(-n2nc(-c3ccc([N+](=O)[O-])cc3)cc2C(=O)NCc2cccnc2)c(C)c1. The van der Waals surface area contributed by atoms with E-state index in [1.54, 1.807) is 35.3 Å². The summed E-state index contributed by atoms with van der Waals surface area (Å²) in [6.45, 7) is 4.30. The van der Waals surface area contributed by atoms with Crippen LogP contribution in [0.1, 0.15) is 27.2 Å². The van der Waals surface area contributed by atoms with E-state index in [4.69, 9.17) is 0 Å². The summed E-state index contributed by atoms with van der Waals surface area (Å²) in [6, 6.07) is 17.4. The molecule has 1 amide bonds. The van der Waals surface area contributed by atoms with Crippen LogP contribution >= 0.6 is 0 Å². The molecule has 0 unspecified atom stereocenters. The maximum atomic E-state index is 13.1. The number of nitro benzene ring substituents is 1. The lowest BCUT2D eigenvalue weighted by Crippen LogP contribution is -2.25. The Kier molecular flexibility index (Phi) is 5.76. The number of rotatable bonds is 6. The Balaban J connectivity index is 1.72. The smallest absolute Gasteiger partial charge is 0.270 e. The molecule has 0 aliphatic rings. The van der Waals surface area contributed by atoms with Crippen LogP contribution in [-0.4, -0.2) is 25.6 Å². The van der Waals surface area contributed by atoms with Crippen molar-refractivity contribution in [1.29, 1.82) is 0 Å². The van der Waals surface area contributed by atoms with E-state index in [9.17, 15) is 14.9 Å². The Labute approximate surface area is 184 Å². The van der Waals surface area contributed by atoms with Crippen molar-refractivity contribution in [2.45, 2.75) is 20.4 Å². The second-order valence-corrected chi connectivity index (χ2v) is 7.46. The van der Waals surface area contributed by atoms with E-state index in [0.29, 0.717) is 23.5 Å². The molecular weight excluding hydrogens is 406 g/mol. The Hall–Kier alpha value is -4.33. The number of carbonyl (C=O) groups is 1. The van der Waals surface area contributed by atoms with E-state index < -0.39 is 4.92 Å². The standard InChI is InChI=1S/C24H21N5O3/c1-16-5-10-22(17(2)12-16)28-23(24(30)26-15-18-4-3-11-25-14-18)13-21(27-28)19-6-8-20(9-7-19)29(31)32/h3-14H,15H2,1-2H3,(H,26,30). The summed E-state index contributed by atoms with van der Waals surface area (Å²) in [5, 5.41) is 18.5. The number of nitrogens with zero attached hydrogens (tertiary/aromatic N) is 4. The third kappa shape index (κ3) is 4.39. The minimum Gasteiger partial charge on any atom is -0.347 e. The molecule has 0 bridgehead atoms. The predicted octanol–water partition coefficient (Wildman–Crippen LogP) is 4.39. The summed E-state index contributed by atoms with van der Waals surface area (Å²) in [5.41, 5.74) is 5.35. The van der Waals surface area contributed by atoms with Crippen molar-refractivity contribution >= 4 is 11.6 Å². The highest BCUT2D eigenvalue weighted by atomic mass is 16.6. The Morgan fingerprint density at radius 3 is 2.53 bits per heavy atom. The van der Waals surface area contributed by atoms with Crippen molar-refractivity contribution in [3.63, 3.8) is 0 Å². The van der Waals surface area contributed by atoms with Crippen molar-refractivity contribution in [3.8, 4) is 16.9 Å². The van der Waals surface area contributed by atoms with Gasteiger partial charge < -0.3 is 5.32 Å². The van der Waals surface area contributed by atoms with Gasteiger partial charge in [0.1, 0.15) is 5.69 Å². The minimum atomic E-state index is -0.449. The van der Waals surface area contributed by atoms with E-state index in [1.807, 2.05) is 44.2 Å². The molecule has 2 heterocycles. The molecule has 2 aromatic heterocycles. The number of carbonyl (C=O) groups excluding carboxylic acids is 1. The summed E-state index contributed by atoms with van der Waals surface area (Å²) >= 11 is 0. The van der Waals surface area contributed by atoms with Crippen LogP contribution in [0.25, 0.3) is 16.9 Å². The van der Waals surface area contributed by atoms with Gasteiger partial charge >= 0.3 is 0 Å². The van der Waals surface area contributed by atoms with Crippen LogP contribution in [-0.2, 0) is 6.54 Å². The molecule has 1 N–H and O–H groups in total. The third-order valence-corrected chi connectivity index (χ3v) is 5.07. The number of benzene rings is 2. The van der Waals surface area contributed by atoms with Crippen molar-refractivity contribution in [2.75, 3.05) is 0 Å². The number of hydrogen-bond acceptors (Lipinski definition) is 5. The lowest BCUT2D eigenvalue weighted by molar-refractivity contribution is -0.384. The highest BCUT2D eigenvalue weighted by Crippen LogP contribution is 2.25. The molecule has 0 spiro atoms. The molecule has 160 valence electrons. The van der Waals surface area contributed by atoms with E-state index in [-0.39, 0.29) is 11.6 Å². The Morgan fingerprint density at radius 1 is 1.09 bits per heavy atom. The fraction of sp³-hybridized carbons (Fsp3) is 0.125. The van der Waals surface area contributed by atoms with Crippen LogP contribution in [0.3, 0.4) is 0 Å². The highest BCUT2D eigenvalue weighted by molar-refractivity contribution is 5.94. The molecule has 0 aliphatic heterocycles. The fourth-order valence-corrected chi connectivity index (χ4v) is 3.44. The molecule has 8 heteroatoms. The van der Waals surface area contributed by atoms with Crippen LogP contribution in [0.2, 0.25) is 0 Å². The van der Waals surface area contributed by atoms with Gasteiger partial charge in [-0.05, 0) is 55.3 Å². The van der Waals surface area contributed by atoms with E-state index in [0.717, 1.165) is 22.4 Å². The van der Waals surface area contributed by atoms with Gasteiger partial charge in [0.05, 0.1) is 16.3 Å². The van der Waals surface area contributed by atoms with Gasteiger partial charge in [0.15, 0.2) is 0 Å². The fourth-order valence-electron chi connectivity index (χ4n) is 3.44. The van der Waals surface area contributed by atoms with Gasteiger partial charge in [0.2, 0.25) is 0 Å². The molecule has 8 nitrogen and oxygen atoms in total. The molecule has 4 rings (SSSR count). The Morgan fingerprint density at radius 2 is 1.88 bits per heavy atom. The number of nitrogens with one attached hydrogen (secondary N) is 1. The Bertz CT molecular complexity index is 1280. The molecule has 2 aromatic carbocycles. The number of non-ortho nitro benzene ring substituents is 1. The number of pyridine rings is 1. The number of nitro groups is 1. The zero-order valence-corrected chi connectivity index (χ0v) is 17.6. The molecule has 4 aromatic rings. The van der Waals surface area contributed by atoms with Crippen LogP contribution in [0.15, 0.2) is 73.1 Å². The second-order valence-electron chi connectivity index (χ2n) is 7.46. The quantitative estimate of drug-likeness (QED) is 0.363. The third-order valence-electron chi connectivity index (χ3n) is 5.07. The van der Waals surface area contributed by atoms with E-state index in [1.165, 1.54) is 12.1 Å². The minimum absolute atomic E-state index is 0.00278. The second kappa shape index (κ2) is 8.81. The van der Waals surface area contributed by atoms with Crippen LogP contribution in [0, 0.1) is 24.0 Å². The van der Waals surface area contributed by atoms with Crippen molar-refractivity contribution in [2.24, 2.45) is 0 Å². The van der Waals surface area contributed by atoms with Gasteiger partial charge in [-0.3, -0.25) is 19.9 Å². The summed E-state index contributed by atoms with van der Waals surface area (Å²) < 4.78 is 1.62. The van der Waals surface area contributed by atoms with Crippen LogP contribution in [0.5, 0.6) is 0 Å². The summed E-state index contributed by atoms with van der Waals surface area (Å²) in [7, 11) is 0. The van der Waals surface area contributed by atoms with Gasteiger partial charge in [-0.25, -0.2) is 4.68 Å². The summed E-state index contributed by atoms with van der Waals surface area (Å²) in [6.07, 6.45) is 3.38. The first-order chi connectivity index (χ1) is 15.4. The molecule has 0 saturated heterocycles.